The number of hydrogen-bond donors (Lipinski definition) is 2. The van der Waals surface area contributed by atoms with Crippen molar-refractivity contribution in [1.29, 1.82) is 0 Å². The van der Waals surface area contributed by atoms with E-state index in [1.807, 2.05) is 0 Å². The summed E-state index contributed by atoms with van der Waals surface area (Å²) >= 11 is 0. The van der Waals surface area contributed by atoms with Crippen molar-refractivity contribution in [3.05, 3.63) is 0 Å². The molecule has 2 nitrogen and oxygen atoms in total. The van der Waals surface area contributed by atoms with E-state index < -0.39 is 0 Å². The van der Waals surface area contributed by atoms with Crippen LogP contribution in [0, 0.1) is 5.41 Å². The van der Waals surface area contributed by atoms with Gasteiger partial charge in [-0.2, -0.15) is 0 Å². The zero-order valence-corrected chi connectivity index (χ0v) is 8.98. The van der Waals surface area contributed by atoms with Gasteiger partial charge in [0.1, 0.15) is 0 Å². The third-order valence-corrected chi connectivity index (χ3v) is 2.41. The van der Waals surface area contributed by atoms with Crippen LogP contribution in [0.25, 0.3) is 0 Å². The van der Waals surface area contributed by atoms with Crippen molar-refractivity contribution in [3.63, 3.8) is 0 Å². The number of rotatable bonds is 6. The smallest absolute Gasteiger partial charge is 0.00620 e. The minimum atomic E-state index is 0.239. The van der Waals surface area contributed by atoms with E-state index in [0.717, 1.165) is 13.1 Å². The Morgan fingerprint density at radius 2 is 1.75 bits per heavy atom. The molecule has 0 spiro atoms. The zero-order valence-electron chi connectivity index (χ0n) is 8.98. The van der Waals surface area contributed by atoms with Crippen molar-refractivity contribution in [2.75, 3.05) is 13.1 Å². The first-order valence-corrected chi connectivity index (χ1v) is 4.99. The molecule has 0 amide bonds. The van der Waals surface area contributed by atoms with Crippen LogP contribution < -0.4 is 11.1 Å². The lowest BCUT2D eigenvalue weighted by atomic mass is 9.93. The molecule has 0 aromatic heterocycles. The van der Waals surface area contributed by atoms with Gasteiger partial charge in [-0.15, -0.1) is 0 Å². The molecular weight excluding hydrogens is 148 g/mol. The standard InChI is InChI=1S/C10H24N2/c1-5-9(6-2)12-8-10(3,4)7-11/h9,12H,5-8,11H2,1-4H3. The Hall–Kier alpha value is -0.0800. The molecule has 0 unspecified atom stereocenters. The highest BCUT2D eigenvalue weighted by Gasteiger charge is 2.16. The van der Waals surface area contributed by atoms with Gasteiger partial charge in [0.15, 0.2) is 0 Å². The van der Waals surface area contributed by atoms with Crippen molar-refractivity contribution in [2.45, 2.75) is 46.6 Å². The van der Waals surface area contributed by atoms with Crippen LogP contribution >= 0.6 is 0 Å². The summed E-state index contributed by atoms with van der Waals surface area (Å²) in [5.41, 5.74) is 5.87. The average molecular weight is 172 g/mol. The summed E-state index contributed by atoms with van der Waals surface area (Å²) in [6.07, 6.45) is 2.41. The maximum Gasteiger partial charge on any atom is 0.00620 e. The second-order valence-electron chi connectivity index (χ2n) is 4.26. The van der Waals surface area contributed by atoms with Gasteiger partial charge in [-0.1, -0.05) is 27.7 Å². The van der Waals surface area contributed by atoms with Gasteiger partial charge in [-0.25, -0.2) is 0 Å². The van der Waals surface area contributed by atoms with Gasteiger partial charge in [-0.3, -0.25) is 0 Å². The maximum absolute atomic E-state index is 5.64. The highest BCUT2D eigenvalue weighted by atomic mass is 14.9. The summed E-state index contributed by atoms with van der Waals surface area (Å²) in [5, 5.41) is 3.53. The molecule has 0 heterocycles. The summed E-state index contributed by atoms with van der Waals surface area (Å²) in [6, 6.07) is 0.663. The van der Waals surface area contributed by atoms with Crippen molar-refractivity contribution in [1.82, 2.24) is 5.32 Å². The first-order chi connectivity index (χ1) is 5.55. The molecule has 74 valence electrons. The van der Waals surface area contributed by atoms with Crippen molar-refractivity contribution in [3.8, 4) is 0 Å². The van der Waals surface area contributed by atoms with E-state index in [0.29, 0.717) is 6.04 Å². The van der Waals surface area contributed by atoms with Crippen LogP contribution in [-0.4, -0.2) is 19.1 Å². The third-order valence-electron chi connectivity index (χ3n) is 2.41. The molecular formula is C10H24N2. The first kappa shape index (κ1) is 11.9. The largest absolute Gasteiger partial charge is 0.330 e. The van der Waals surface area contributed by atoms with Crippen LogP contribution in [0.4, 0.5) is 0 Å². The Morgan fingerprint density at radius 1 is 1.25 bits per heavy atom. The zero-order chi connectivity index (χ0) is 9.61. The lowest BCUT2D eigenvalue weighted by Crippen LogP contribution is -2.40. The summed E-state index contributed by atoms with van der Waals surface area (Å²) < 4.78 is 0. The molecule has 0 aliphatic heterocycles. The minimum Gasteiger partial charge on any atom is -0.330 e. The fourth-order valence-corrected chi connectivity index (χ4v) is 1.07. The van der Waals surface area contributed by atoms with Gasteiger partial charge < -0.3 is 11.1 Å². The van der Waals surface area contributed by atoms with Gasteiger partial charge in [0, 0.05) is 12.6 Å². The summed E-state index contributed by atoms with van der Waals surface area (Å²) in [7, 11) is 0. The molecule has 0 radical (unpaired) electrons. The van der Waals surface area contributed by atoms with Crippen LogP contribution in [0.2, 0.25) is 0 Å². The monoisotopic (exact) mass is 172 g/mol. The Labute approximate surface area is 76.9 Å². The van der Waals surface area contributed by atoms with Gasteiger partial charge in [0.2, 0.25) is 0 Å². The average Bonchev–Trinajstić information content (AvgIpc) is 2.06. The molecule has 12 heavy (non-hydrogen) atoms. The molecule has 0 aromatic carbocycles. The van der Waals surface area contributed by atoms with Gasteiger partial charge in [0.25, 0.3) is 0 Å². The van der Waals surface area contributed by atoms with E-state index in [1.165, 1.54) is 12.8 Å². The Bertz CT molecular complexity index is 106. The molecule has 0 bridgehead atoms. The quantitative estimate of drug-likeness (QED) is 0.640. The topological polar surface area (TPSA) is 38.0 Å². The highest BCUT2D eigenvalue weighted by Crippen LogP contribution is 2.11. The fraction of sp³-hybridized carbons (Fsp3) is 1.00. The van der Waals surface area contributed by atoms with E-state index >= 15 is 0 Å². The predicted molar refractivity (Wildman–Crippen MR) is 55.2 cm³/mol. The second-order valence-corrected chi connectivity index (χ2v) is 4.26. The molecule has 0 saturated heterocycles. The van der Waals surface area contributed by atoms with Crippen molar-refractivity contribution >= 4 is 0 Å². The van der Waals surface area contributed by atoms with Crippen LogP contribution in [0.15, 0.2) is 0 Å². The van der Waals surface area contributed by atoms with Crippen molar-refractivity contribution in [2.24, 2.45) is 11.1 Å². The lowest BCUT2D eigenvalue weighted by Gasteiger charge is -2.26. The highest BCUT2D eigenvalue weighted by molar-refractivity contribution is 4.74. The van der Waals surface area contributed by atoms with E-state index in [4.69, 9.17) is 5.73 Å². The van der Waals surface area contributed by atoms with Crippen molar-refractivity contribution < 1.29 is 0 Å². The van der Waals surface area contributed by atoms with Gasteiger partial charge in [0.05, 0.1) is 0 Å². The molecule has 0 aliphatic carbocycles. The maximum atomic E-state index is 5.64. The molecule has 0 atom stereocenters. The fourth-order valence-electron chi connectivity index (χ4n) is 1.07. The molecule has 0 aromatic rings. The van der Waals surface area contributed by atoms with E-state index in [9.17, 15) is 0 Å². The predicted octanol–water partition coefficient (Wildman–Crippen LogP) is 1.75. The summed E-state index contributed by atoms with van der Waals surface area (Å²) in [6.45, 7) is 10.6. The minimum absolute atomic E-state index is 0.239. The number of hydrogen-bond acceptors (Lipinski definition) is 2. The molecule has 0 saturated carbocycles. The molecule has 0 aliphatic rings. The number of nitrogens with two attached hydrogens (primary N) is 1. The Morgan fingerprint density at radius 3 is 2.08 bits per heavy atom. The Kier molecular flexibility index (Phi) is 5.51. The summed E-state index contributed by atoms with van der Waals surface area (Å²) in [4.78, 5) is 0. The summed E-state index contributed by atoms with van der Waals surface area (Å²) in [5.74, 6) is 0. The number of nitrogens with one attached hydrogen (secondary N) is 1. The first-order valence-electron chi connectivity index (χ1n) is 4.99. The van der Waals surface area contributed by atoms with Crippen LogP contribution in [0.3, 0.4) is 0 Å². The molecule has 2 heteroatoms. The normalized spacial score (nSPS) is 12.5. The molecule has 0 rings (SSSR count). The third kappa shape index (κ3) is 4.73. The Balaban J connectivity index is 3.65. The van der Waals surface area contributed by atoms with E-state index in [-0.39, 0.29) is 5.41 Å². The van der Waals surface area contributed by atoms with Crippen LogP contribution in [0.5, 0.6) is 0 Å². The van der Waals surface area contributed by atoms with E-state index in [2.05, 4.69) is 33.0 Å². The molecule has 0 fully saturated rings. The molecule has 3 N–H and O–H groups in total. The van der Waals surface area contributed by atoms with Crippen LogP contribution in [-0.2, 0) is 0 Å². The SMILES string of the molecule is CCC(CC)NCC(C)(C)CN. The van der Waals surface area contributed by atoms with Gasteiger partial charge in [-0.05, 0) is 24.8 Å². The second kappa shape index (κ2) is 5.55. The van der Waals surface area contributed by atoms with Crippen LogP contribution in [0.1, 0.15) is 40.5 Å². The lowest BCUT2D eigenvalue weighted by molar-refractivity contribution is 0.322. The van der Waals surface area contributed by atoms with E-state index in [1.54, 1.807) is 0 Å². The van der Waals surface area contributed by atoms with Gasteiger partial charge >= 0.3 is 0 Å².